The molecule has 0 radical (unpaired) electrons. The van der Waals surface area contributed by atoms with Gasteiger partial charge in [-0.15, -0.1) is 0 Å². The van der Waals surface area contributed by atoms with E-state index in [1.54, 1.807) is 0 Å². The summed E-state index contributed by atoms with van der Waals surface area (Å²) in [6.45, 7) is 6.00. The first-order valence-corrected chi connectivity index (χ1v) is 14.3. The molecule has 0 saturated heterocycles. The highest BCUT2D eigenvalue weighted by molar-refractivity contribution is 6.08. The van der Waals surface area contributed by atoms with Crippen LogP contribution in [0.25, 0.3) is 33.1 Å². The predicted octanol–water partition coefficient (Wildman–Crippen LogP) is 5.95. The van der Waals surface area contributed by atoms with Gasteiger partial charge >= 0.3 is 0 Å². The van der Waals surface area contributed by atoms with Gasteiger partial charge in [0.15, 0.2) is 0 Å². The quantitative estimate of drug-likeness (QED) is 0.218. The highest BCUT2D eigenvalue weighted by atomic mass is 16.1. The molecule has 7 nitrogen and oxygen atoms in total. The van der Waals surface area contributed by atoms with Crippen molar-refractivity contribution >= 4 is 33.4 Å². The molecule has 40 heavy (non-hydrogen) atoms. The highest BCUT2D eigenvalue weighted by Crippen LogP contribution is 2.38. The van der Waals surface area contributed by atoms with E-state index in [1.807, 2.05) is 49.6 Å². The maximum Gasteiger partial charge on any atom is 0.255 e. The summed E-state index contributed by atoms with van der Waals surface area (Å²) in [7, 11) is 1.97. The summed E-state index contributed by atoms with van der Waals surface area (Å²) in [5, 5.41) is 16.0. The van der Waals surface area contributed by atoms with E-state index in [1.165, 1.54) is 34.9 Å². The van der Waals surface area contributed by atoms with Crippen molar-refractivity contribution in [3.05, 3.63) is 89.1 Å². The lowest BCUT2D eigenvalue weighted by Crippen LogP contribution is -2.30. The van der Waals surface area contributed by atoms with Crippen molar-refractivity contribution in [2.24, 2.45) is 0 Å². The summed E-state index contributed by atoms with van der Waals surface area (Å²) in [6.07, 6.45) is 6.38. The second-order valence-corrected chi connectivity index (χ2v) is 10.6. The van der Waals surface area contributed by atoms with E-state index in [0.29, 0.717) is 5.56 Å². The standard InChI is InChI=1S/C33H36N6O/c1-3-39(19-18-34-2)21-22-8-10-24(11-9-22)33(40)36-25-14-12-23(13-15-25)32-27-7-5-4-6-26(27)31-28-20-35-38-29(28)16-17-30(31)37-32/h8-17,20,34H,3-7,18-19,21H2,1-2H3,(H,35,38)(H,36,40). The van der Waals surface area contributed by atoms with Crippen LogP contribution in [0.1, 0.15) is 46.8 Å². The fraction of sp³-hybridized carbons (Fsp3) is 0.303. The molecule has 6 rings (SSSR count). The van der Waals surface area contributed by atoms with Gasteiger partial charge < -0.3 is 10.6 Å². The zero-order valence-corrected chi connectivity index (χ0v) is 23.3. The van der Waals surface area contributed by atoms with Gasteiger partial charge in [-0.3, -0.25) is 14.8 Å². The molecule has 0 fully saturated rings. The van der Waals surface area contributed by atoms with Gasteiger partial charge in [-0.1, -0.05) is 31.2 Å². The van der Waals surface area contributed by atoms with E-state index >= 15 is 0 Å². The Morgan fingerprint density at radius 3 is 2.50 bits per heavy atom. The van der Waals surface area contributed by atoms with Crippen LogP contribution in [0.15, 0.2) is 66.9 Å². The molecule has 1 amide bonds. The molecule has 0 bridgehead atoms. The molecule has 0 unspecified atom stereocenters. The minimum absolute atomic E-state index is 0.104. The van der Waals surface area contributed by atoms with Crippen molar-refractivity contribution in [3.63, 3.8) is 0 Å². The molecule has 204 valence electrons. The Morgan fingerprint density at radius 1 is 0.975 bits per heavy atom. The number of hydrogen-bond acceptors (Lipinski definition) is 5. The Hall–Kier alpha value is -4.07. The largest absolute Gasteiger partial charge is 0.322 e. The van der Waals surface area contributed by atoms with Crippen LogP contribution in [0.3, 0.4) is 0 Å². The molecule has 1 aliphatic rings. The smallest absolute Gasteiger partial charge is 0.255 e. The first kappa shape index (κ1) is 26.2. The number of anilines is 1. The van der Waals surface area contributed by atoms with Crippen molar-refractivity contribution in [1.29, 1.82) is 0 Å². The second kappa shape index (κ2) is 11.6. The van der Waals surface area contributed by atoms with Gasteiger partial charge in [-0.2, -0.15) is 5.10 Å². The van der Waals surface area contributed by atoms with E-state index < -0.39 is 0 Å². The third-order valence-corrected chi connectivity index (χ3v) is 8.05. The molecular weight excluding hydrogens is 496 g/mol. The number of carbonyl (C=O) groups is 1. The number of pyridine rings is 1. The monoisotopic (exact) mass is 532 g/mol. The maximum absolute atomic E-state index is 13.0. The van der Waals surface area contributed by atoms with E-state index in [9.17, 15) is 4.79 Å². The minimum Gasteiger partial charge on any atom is -0.322 e. The van der Waals surface area contributed by atoms with Crippen LogP contribution in [0, 0.1) is 0 Å². The van der Waals surface area contributed by atoms with Crippen molar-refractivity contribution in [1.82, 2.24) is 25.4 Å². The minimum atomic E-state index is -0.104. The number of nitrogens with zero attached hydrogens (tertiary/aromatic N) is 3. The number of aromatic amines is 1. The Morgan fingerprint density at radius 2 is 1.75 bits per heavy atom. The highest BCUT2D eigenvalue weighted by Gasteiger charge is 2.21. The number of H-pyrrole nitrogens is 1. The Labute approximate surface area is 235 Å². The molecule has 1 aliphatic carbocycles. The first-order valence-electron chi connectivity index (χ1n) is 14.3. The summed E-state index contributed by atoms with van der Waals surface area (Å²) < 4.78 is 0. The first-order chi connectivity index (χ1) is 19.6. The molecule has 2 aromatic heterocycles. The molecule has 7 heteroatoms. The number of aryl methyl sites for hydroxylation is 1. The number of fused-ring (bicyclic) bond motifs is 5. The fourth-order valence-corrected chi connectivity index (χ4v) is 5.84. The average molecular weight is 533 g/mol. The number of rotatable bonds is 9. The second-order valence-electron chi connectivity index (χ2n) is 10.6. The van der Waals surface area contributed by atoms with Gasteiger partial charge in [-0.25, -0.2) is 4.98 Å². The van der Waals surface area contributed by atoms with Gasteiger partial charge in [0.1, 0.15) is 0 Å². The number of hydrogen-bond donors (Lipinski definition) is 3. The molecular formula is C33H36N6O. The normalized spacial score (nSPS) is 13.2. The molecule has 5 aromatic rings. The van der Waals surface area contributed by atoms with Crippen molar-refractivity contribution in [2.45, 2.75) is 39.2 Å². The topological polar surface area (TPSA) is 85.9 Å². The molecule has 2 heterocycles. The van der Waals surface area contributed by atoms with E-state index in [2.05, 4.69) is 56.9 Å². The van der Waals surface area contributed by atoms with Crippen LogP contribution in [-0.2, 0) is 19.4 Å². The molecule has 0 saturated carbocycles. The lowest BCUT2D eigenvalue weighted by atomic mass is 9.85. The number of likely N-dealkylation sites (N-methyl/N-ethyl adjacent to an activating group) is 2. The SMILES string of the molecule is CCN(CCNC)Cc1ccc(C(=O)Nc2ccc(-c3nc4ccc5[nH]ncc5c4c4c3CCCC4)cc2)cc1. The lowest BCUT2D eigenvalue weighted by molar-refractivity contribution is 0.102. The van der Waals surface area contributed by atoms with Crippen LogP contribution in [-0.4, -0.2) is 52.7 Å². The van der Waals surface area contributed by atoms with Crippen LogP contribution in [0.4, 0.5) is 5.69 Å². The van der Waals surface area contributed by atoms with Gasteiger partial charge in [0.25, 0.3) is 5.91 Å². The van der Waals surface area contributed by atoms with E-state index in [-0.39, 0.29) is 5.91 Å². The summed E-state index contributed by atoms with van der Waals surface area (Å²) in [5.74, 6) is -0.104. The number of aromatic nitrogens is 3. The van der Waals surface area contributed by atoms with Crippen molar-refractivity contribution in [3.8, 4) is 11.3 Å². The summed E-state index contributed by atoms with van der Waals surface area (Å²) in [6, 6.07) is 20.2. The molecule has 3 N–H and O–H groups in total. The molecule has 3 aromatic carbocycles. The van der Waals surface area contributed by atoms with E-state index in [4.69, 9.17) is 4.98 Å². The third kappa shape index (κ3) is 5.22. The Kier molecular flexibility index (Phi) is 7.58. The lowest BCUT2D eigenvalue weighted by Gasteiger charge is -2.22. The Balaban J connectivity index is 1.20. The fourth-order valence-electron chi connectivity index (χ4n) is 5.84. The molecule has 0 atom stereocenters. The average Bonchev–Trinajstić information content (AvgIpc) is 3.48. The van der Waals surface area contributed by atoms with Gasteiger partial charge in [0.2, 0.25) is 0 Å². The van der Waals surface area contributed by atoms with Crippen LogP contribution in [0.2, 0.25) is 0 Å². The predicted molar refractivity (Wildman–Crippen MR) is 163 cm³/mol. The summed E-state index contributed by atoms with van der Waals surface area (Å²) in [4.78, 5) is 20.5. The number of amides is 1. The summed E-state index contributed by atoms with van der Waals surface area (Å²) in [5.41, 5.74) is 9.58. The number of carbonyl (C=O) groups excluding carboxylic acids is 1. The Bertz CT molecular complexity index is 1640. The van der Waals surface area contributed by atoms with Crippen LogP contribution < -0.4 is 10.6 Å². The summed E-state index contributed by atoms with van der Waals surface area (Å²) >= 11 is 0. The zero-order chi connectivity index (χ0) is 27.5. The molecule has 0 spiro atoms. The van der Waals surface area contributed by atoms with Gasteiger partial charge in [-0.05, 0) is 92.4 Å². The van der Waals surface area contributed by atoms with Crippen LogP contribution >= 0.6 is 0 Å². The number of benzene rings is 3. The maximum atomic E-state index is 13.0. The third-order valence-electron chi connectivity index (χ3n) is 8.05. The van der Waals surface area contributed by atoms with Gasteiger partial charge in [0.05, 0.1) is 22.9 Å². The number of nitrogens with one attached hydrogen (secondary N) is 3. The zero-order valence-electron chi connectivity index (χ0n) is 23.3. The van der Waals surface area contributed by atoms with Crippen LogP contribution in [0.5, 0.6) is 0 Å². The van der Waals surface area contributed by atoms with Crippen molar-refractivity contribution in [2.75, 3.05) is 32.0 Å². The van der Waals surface area contributed by atoms with Gasteiger partial charge in [0, 0.05) is 47.2 Å². The van der Waals surface area contributed by atoms with E-state index in [0.717, 1.165) is 72.4 Å². The molecule has 0 aliphatic heterocycles. The van der Waals surface area contributed by atoms with Crippen molar-refractivity contribution < 1.29 is 4.79 Å².